The van der Waals surface area contributed by atoms with Crippen molar-refractivity contribution < 1.29 is 14.4 Å². The molecule has 2 aliphatic heterocycles. The summed E-state index contributed by atoms with van der Waals surface area (Å²) in [4.78, 5) is 32.4. The molecule has 2 aromatic rings. The van der Waals surface area contributed by atoms with E-state index < -0.39 is 12.0 Å². The van der Waals surface area contributed by atoms with Gasteiger partial charge in [0.15, 0.2) is 6.10 Å². The Hall–Kier alpha value is -2.02. The highest BCUT2D eigenvalue weighted by atomic mass is 32.1. The van der Waals surface area contributed by atoms with Crippen molar-refractivity contribution in [3.63, 3.8) is 0 Å². The topological polar surface area (TPSA) is 49.9 Å². The summed E-state index contributed by atoms with van der Waals surface area (Å²) in [6.07, 6.45) is -0.690. The lowest BCUT2D eigenvalue weighted by atomic mass is 9.95. The van der Waals surface area contributed by atoms with Crippen LogP contribution in [-0.2, 0) is 14.4 Å². The molecule has 4 rings (SSSR count). The van der Waals surface area contributed by atoms with Crippen LogP contribution in [0.4, 0.5) is 0 Å². The first-order chi connectivity index (χ1) is 11.1. The number of hydrogen-bond acceptors (Lipinski definition) is 5. The zero-order valence-electron chi connectivity index (χ0n) is 12.8. The molecular weight excluding hydrogens is 312 g/mol. The van der Waals surface area contributed by atoms with E-state index in [4.69, 9.17) is 4.84 Å². The number of fused-ring (bicyclic) bond motifs is 1. The van der Waals surface area contributed by atoms with E-state index in [-0.39, 0.29) is 17.9 Å². The predicted molar refractivity (Wildman–Crippen MR) is 86.4 cm³/mol. The third kappa shape index (κ3) is 2.14. The number of carbonyl (C=O) groups is 2. The summed E-state index contributed by atoms with van der Waals surface area (Å²) in [5.74, 6) is -0.877. The summed E-state index contributed by atoms with van der Waals surface area (Å²) in [6.45, 7) is 0. The molecule has 3 atom stereocenters. The second-order valence-electron chi connectivity index (χ2n) is 5.88. The highest BCUT2D eigenvalue weighted by Crippen LogP contribution is 2.45. The zero-order valence-corrected chi connectivity index (χ0v) is 13.6. The third-order valence-electron chi connectivity index (χ3n) is 4.55. The molecule has 2 saturated heterocycles. The molecule has 0 radical (unpaired) electrons. The fraction of sp³-hybridized carbons (Fsp3) is 0.294. The van der Waals surface area contributed by atoms with Crippen LogP contribution in [0.3, 0.4) is 0 Å². The second-order valence-corrected chi connectivity index (χ2v) is 6.82. The molecule has 2 aliphatic rings. The van der Waals surface area contributed by atoms with Crippen LogP contribution in [0.5, 0.6) is 0 Å². The summed E-state index contributed by atoms with van der Waals surface area (Å²) in [6, 6.07) is 12.0. The van der Waals surface area contributed by atoms with E-state index in [9.17, 15) is 9.59 Å². The Morgan fingerprint density at radius 3 is 2.52 bits per heavy atom. The standard InChI is InChI=1S/C17H16N2O3S/c1-18-16(20)13-14(19(2)22-15(13)17(18)21)12-8-11(9-23-12)10-6-4-3-5-7-10/h3-9,13-15H,1-2H3/t13-,14+,15+/m1/s1. The number of rotatable bonds is 2. The quantitative estimate of drug-likeness (QED) is 0.794. The predicted octanol–water partition coefficient (Wildman–Crippen LogP) is 2.32. The minimum absolute atomic E-state index is 0.163. The molecule has 0 spiro atoms. The maximum Gasteiger partial charge on any atom is 0.261 e. The number of nitrogens with zero attached hydrogens (tertiary/aromatic N) is 2. The molecule has 2 amide bonds. The van der Waals surface area contributed by atoms with Gasteiger partial charge in [0.25, 0.3) is 5.91 Å². The van der Waals surface area contributed by atoms with Crippen LogP contribution in [0.1, 0.15) is 10.9 Å². The summed E-state index contributed by atoms with van der Waals surface area (Å²) >= 11 is 1.60. The highest BCUT2D eigenvalue weighted by molar-refractivity contribution is 7.10. The van der Waals surface area contributed by atoms with Gasteiger partial charge in [0, 0.05) is 19.0 Å². The van der Waals surface area contributed by atoms with Crippen molar-refractivity contribution in [2.75, 3.05) is 14.1 Å². The normalized spacial score (nSPS) is 27.7. The first-order valence-corrected chi connectivity index (χ1v) is 8.31. The Bertz CT molecular complexity index is 773. The Morgan fingerprint density at radius 2 is 1.78 bits per heavy atom. The van der Waals surface area contributed by atoms with E-state index >= 15 is 0 Å². The van der Waals surface area contributed by atoms with Gasteiger partial charge >= 0.3 is 0 Å². The summed E-state index contributed by atoms with van der Waals surface area (Å²) in [5, 5.41) is 3.73. The minimum atomic E-state index is -0.690. The monoisotopic (exact) mass is 328 g/mol. The smallest absolute Gasteiger partial charge is 0.261 e. The summed E-state index contributed by atoms with van der Waals surface area (Å²) < 4.78 is 0. The number of thiophene rings is 1. The number of benzene rings is 1. The SMILES string of the molecule is CN1C(=O)[C@H]2[C@H](ON(C)[C@H]2c2cc(-c3ccccc3)cs2)C1=O. The number of hydrogen-bond donors (Lipinski definition) is 0. The molecule has 3 heterocycles. The van der Waals surface area contributed by atoms with E-state index in [0.29, 0.717) is 0 Å². The van der Waals surface area contributed by atoms with Crippen LogP contribution < -0.4 is 0 Å². The largest absolute Gasteiger partial charge is 0.284 e. The first kappa shape index (κ1) is 14.6. The minimum Gasteiger partial charge on any atom is -0.284 e. The van der Waals surface area contributed by atoms with E-state index in [0.717, 1.165) is 16.0 Å². The average molecular weight is 328 g/mol. The molecular formula is C17H16N2O3S. The van der Waals surface area contributed by atoms with Crippen LogP contribution in [0.2, 0.25) is 0 Å². The van der Waals surface area contributed by atoms with Gasteiger partial charge in [-0.25, -0.2) is 0 Å². The van der Waals surface area contributed by atoms with Crippen LogP contribution in [-0.4, -0.2) is 42.0 Å². The van der Waals surface area contributed by atoms with Crippen LogP contribution >= 0.6 is 11.3 Å². The molecule has 0 N–H and O–H groups in total. The average Bonchev–Trinajstić information content (AvgIpc) is 3.22. The Labute approximate surface area is 138 Å². The van der Waals surface area contributed by atoms with Crippen molar-refractivity contribution in [3.05, 3.63) is 46.7 Å². The number of imide groups is 1. The van der Waals surface area contributed by atoms with Crippen LogP contribution in [0.25, 0.3) is 11.1 Å². The van der Waals surface area contributed by atoms with Crippen molar-refractivity contribution in [2.45, 2.75) is 12.1 Å². The van der Waals surface area contributed by atoms with Gasteiger partial charge in [-0.05, 0) is 22.6 Å². The van der Waals surface area contributed by atoms with Gasteiger partial charge < -0.3 is 0 Å². The summed E-state index contributed by atoms with van der Waals surface area (Å²) in [7, 11) is 3.30. The fourth-order valence-electron chi connectivity index (χ4n) is 3.33. The van der Waals surface area contributed by atoms with Gasteiger partial charge in [0.2, 0.25) is 5.91 Å². The first-order valence-electron chi connectivity index (χ1n) is 7.43. The maximum absolute atomic E-state index is 12.4. The van der Waals surface area contributed by atoms with Crippen molar-refractivity contribution >= 4 is 23.2 Å². The van der Waals surface area contributed by atoms with Crippen LogP contribution in [0, 0.1) is 5.92 Å². The lowest BCUT2D eigenvalue weighted by Gasteiger charge is -2.21. The van der Waals surface area contributed by atoms with Crippen molar-refractivity contribution in [1.82, 2.24) is 9.96 Å². The molecule has 1 aromatic carbocycles. The van der Waals surface area contributed by atoms with Crippen molar-refractivity contribution in [1.29, 1.82) is 0 Å². The Morgan fingerprint density at radius 1 is 1.04 bits per heavy atom. The molecule has 1 aromatic heterocycles. The van der Waals surface area contributed by atoms with E-state index in [2.05, 4.69) is 23.6 Å². The third-order valence-corrected chi connectivity index (χ3v) is 5.55. The van der Waals surface area contributed by atoms with Gasteiger partial charge in [-0.15, -0.1) is 11.3 Å². The van der Waals surface area contributed by atoms with E-state index in [1.807, 2.05) is 18.2 Å². The number of hydroxylamine groups is 2. The molecule has 23 heavy (non-hydrogen) atoms. The lowest BCUT2D eigenvalue weighted by Crippen LogP contribution is -2.33. The molecule has 6 heteroatoms. The number of amides is 2. The lowest BCUT2D eigenvalue weighted by molar-refractivity contribution is -0.168. The maximum atomic E-state index is 12.4. The molecule has 0 aliphatic carbocycles. The van der Waals surface area contributed by atoms with Gasteiger partial charge in [-0.1, -0.05) is 30.3 Å². The van der Waals surface area contributed by atoms with Gasteiger partial charge in [-0.3, -0.25) is 19.3 Å². The van der Waals surface area contributed by atoms with Gasteiger partial charge in [0.1, 0.15) is 0 Å². The Balaban J connectivity index is 1.69. The van der Waals surface area contributed by atoms with Gasteiger partial charge in [0.05, 0.1) is 12.0 Å². The molecule has 118 valence electrons. The highest BCUT2D eigenvalue weighted by Gasteiger charge is 2.58. The number of carbonyl (C=O) groups excluding carboxylic acids is 2. The number of likely N-dealkylation sites (N-methyl/N-ethyl adjacent to an activating group) is 1. The van der Waals surface area contributed by atoms with E-state index in [1.54, 1.807) is 23.4 Å². The second kappa shape index (κ2) is 5.26. The molecule has 0 unspecified atom stereocenters. The summed E-state index contributed by atoms with van der Waals surface area (Å²) in [5.41, 5.74) is 2.26. The molecule has 5 nitrogen and oxygen atoms in total. The fourth-order valence-corrected chi connectivity index (χ4v) is 4.43. The number of likely N-dealkylation sites (tertiary alicyclic amines) is 1. The van der Waals surface area contributed by atoms with Gasteiger partial charge in [-0.2, -0.15) is 5.06 Å². The molecule has 0 saturated carbocycles. The molecule has 0 bridgehead atoms. The van der Waals surface area contributed by atoms with Crippen molar-refractivity contribution in [3.8, 4) is 11.1 Å². The zero-order chi connectivity index (χ0) is 16.1. The van der Waals surface area contributed by atoms with Crippen molar-refractivity contribution in [2.24, 2.45) is 5.92 Å². The van der Waals surface area contributed by atoms with E-state index in [1.165, 1.54) is 11.9 Å². The Kier molecular flexibility index (Phi) is 3.33. The molecule has 2 fully saturated rings. The van der Waals surface area contributed by atoms with Crippen LogP contribution in [0.15, 0.2) is 41.8 Å².